The minimum atomic E-state index is -0.831. The predicted molar refractivity (Wildman–Crippen MR) is 88.9 cm³/mol. The molecule has 0 radical (unpaired) electrons. The Hall–Kier alpha value is -2.85. The largest absolute Gasteiger partial charge is 0.207 e. The first kappa shape index (κ1) is 12.7. The van der Waals surface area contributed by atoms with Crippen molar-refractivity contribution in [3.63, 3.8) is 0 Å². The number of rotatable bonds is 0. The smallest absolute Gasteiger partial charge is 0.128 e. The van der Waals surface area contributed by atoms with Gasteiger partial charge in [-0.15, -0.1) is 6.42 Å². The molecule has 0 unspecified atom stereocenters. The Morgan fingerprint density at radius 2 is 1.35 bits per heavy atom. The first-order valence-electron chi connectivity index (χ1n) is 7.74. The summed E-state index contributed by atoms with van der Waals surface area (Å²) in [6.07, 6.45) is 6.07. The summed E-state index contributed by atoms with van der Waals surface area (Å²) in [7, 11) is 0. The van der Waals surface area contributed by atoms with Gasteiger partial charge in [-0.05, 0) is 33.9 Å². The van der Waals surface area contributed by atoms with Crippen molar-refractivity contribution >= 4 is 0 Å². The second-order valence-electron chi connectivity index (χ2n) is 6.21. The van der Waals surface area contributed by atoms with E-state index in [9.17, 15) is 4.39 Å². The molecule has 6 rings (SSSR count). The third kappa shape index (κ3) is 1.29. The summed E-state index contributed by atoms with van der Waals surface area (Å²) in [4.78, 5) is 0. The average Bonchev–Trinajstić information content (AvgIpc) is 2.61. The minimum absolute atomic E-state index is 0.0586. The molecule has 0 atom stereocenters. The van der Waals surface area contributed by atoms with Gasteiger partial charge >= 0.3 is 0 Å². The van der Waals surface area contributed by atoms with Gasteiger partial charge in [0.25, 0.3) is 0 Å². The number of terminal acetylenes is 1. The lowest BCUT2D eigenvalue weighted by Gasteiger charge is -2.48. The van der Waals surface area contributed by atoms with Gasteiger partial charge < -0.3 is 0 Å². The molecule has 23 heavy (non-hydrogen) atoms. The van der Waals surface area contributed by atoms with Crippen molar-refractivity contribution in [2.45, 2.75) is 11.3 Å². The number of halogens is 1. The van der Waals surface area contributed by atoms with E-state index in [2.05, 4.69) is 18.1 Å². The molecule has 0 spiro atoms. The van der Waals surface area contributed by atoms with E-state index in [1.165, 1.54) is 17.2 Å². The van der Waals surface area contributed by atoms with Crippen LogP contribution in [-0.2, 0) is 5.41 Å². The van der Waals surface area contributed by atoms with Gasteiger partial charge in [0.1, 0.15) is 11.2 Å². The van der Waals surface area contributed by atoms with Crippen LogP contribution in [0, 0.1) is 18.2 Å². The second kappa shape index (κ2) is 4.12. The Bertz CT molecular complexity index is 959. The predicted octanol–water partition coefficient (Wildman–Crippen LogP) is 4.60. The van der Waals surface area contributed by atoms with Crippen LogP contribution in [-0.4, -0.2) is 0 Å². The summed E-state index contributed by atoms with van der Waals surface area (Å²) in [6.45, 7) is 0. The minimum Gasteiger partial charge on any atom is -0.207 e. The van der Waals surface area contributed by atoms with E-state index in [-0.39, 0.29) is 11.7 Å². The molecule has 3 aliphatic rings. The summed E-state index contributed by atoms with van der Waals surface area (Å²) < 4.78 is 14.9. The van der Waals surface area contributed by atoms with E-state index < -0.39 is 5.41 Å². The highest BCUT2D eigenvalue weighted by Crippen LogP contribution is 2.59. The van der Waals surface area contributed by atoms with Crippen molar-refractivity contribution in [1.82, 2.24) is 0 Å². The number of benzene rings is 3. The average molecular weight is 296 g/mol. The molecule has 0 aromatic heterocycles. The Morgan fingerprint density at radius 3 is 1.96 bits per heavy atom. The highest BCUT2D eigenvalue weighted by Gasteiger charge is 2.52. The Balaban J connectivity index is 2.05. The van der Waals surface area contributed by atoms with Gasteiger partial charge in [0.15, 0.2) is 0 Å². The molecule has 2 bridgehead atoms. The van der Waals surface area contributed by atoms with Crippen LogP contribution in [0.25, 0.3) is 0 Å². The molecular formula is C22H13F. The topological polar surface area (TPSA) is 0 Å². The first-order chi connectivity index (χ1) is 11.3. The number of hydrogen-bond donors (Lipinski definition) is 0. The molecule has 1 heteroatoms. The zero-order valence-corrected chi connectivity index (χ0v) is 12.4. The molecule has 0 saturated heterocycles. The van der Waals surface area contributed by atoms with E-state index in [0.29, 0.717) is 5.56 Å². The first-order valence-corrected chi connectivity index (χ1v) is 7.74. The van der Waals surface area contributed by atoms with Gasteiger partial charge in [0, 0.05) is 11.5 Å². The summed E-state index contributed by atoms with van der Waals surface area (Å²) in [5.74, 6) is 2.82. The molecule has 0 amide bonds. The zero-order valence-electron chi connectivity index (χ0n) is 12.4. The van der Waals surface area contributed by atoms with Gasteiger partial charge in [0.2, 0.25) is 0 Å². The maximum atomic E-state index is 14.9. The lowest BCUT2D eigenvalue weighted by molar-refractivity contribution is 0.559. The van der Waals surface area contributed by atoms with Gasteiger partial charge in [-0.1, -0.05) is 66.6 Å². The summed E-state index contributed by atoms with van der Waals surface area (Å²) in [6, 6.07) is 21.7. The maximum Gasteiger partial charge on any atom is 0.128 e. The quantitative estimate of drug-likeness (QED) is 0.532. The lowest BCUT2D eigenvalue weighted by Crippen LogP contribution is -2.42. The molecule has 3 aromatic carbocycles. The third-order valence-electron chi connectivity index (χ3n) is 5.30. The van der Waals surface area contributed by atoms with Crippen LogP contribution in [0.15, 0.2) is 66.7 Å². The molecule has 0 saturated carbocycles. The molecule has 0 N–H and O–H groups in total. The molecule has 3 aliphatic carbocycles. The molecule has 108 valence electrons. The van der Waals surface area contributed by atoms with Gasteiger partial charge in [0.05, 0.1) is 0 Å². The van der Waals surface area contributed by atoms with Crippen molar-refractivity contribution < 1.29 is 4.39 Å². The molecule has 0 fully saturated rings. The Morgan fingerprint density at radius 1 is 0.783 bits per heavy atom. The van der Waals surface area contributed by atoms with Crippen LogP contribution in [0.5, 0.6) is 0 Å². The fourth-order valence-electron chi connectivity index (χ4n) is 4.50. The van der Waals surface area contributed by atoms with Crippen LogP contribution in [0.3, 0.4) is 0 Å². The van der Waals surface area contributed by atoms with Crippen LogP contribution < -0.4 is 0 Å². The van der Waals surface area contributed by atoms with Crippen molar-refractivity contribution in [2.75, 3.05) is 0 Å². The van der Waals surface area contributed by atoms with Crippen LogP contribution in [0.2, 0.25) is 0 Å². The van der Waals surface area contributed by atoms with E-state index >= 15 is 0 Å². The maximum absolute atomic E-state index is 14.9. The molecule has 3 aromatic rings. The molecule has 0 nitrogen and oxygen atoms in total. The fraction of sp³-hybridized carbons (Fsp3) is 0.0909. The third-order valence-corrected chi connectivity index (χ3v) is 5.30. The van der Waals surface area contributed by atoms with Gasteiger partial charge in [-0.3, -0.25) is 0 Å². The zero-order chi connectivity index (χ0) is 15.6. The van der Waals surface area contributed by atoms with E-state index in [0.717, 1.165) is 16.7 Å². The van der Waals surface area contributed by atoms with Crippen LogP contribution >= 0.6 is 0 Å². The normalized spacial score (nSPS) is 22.7. The summed E-state index contributed by atoms with van der Waals surface area (Å²) in [5, 5.41) is 0. The molecule has 0 heterocycles. The van der Waals surface area contributed by atoms with E-state index in [1.54, 1.807) is 6.07 Å². The van der Waals surface area contributed by atoms with E-state index in [1.807, 2.05) is 42.5 Å². The Kier molecular flexibility index (Phi) is 2.27. The summed E-state index contributed by atoms with van der Waals surface area (Å²) >= 11 is 0. The SMILES string of the molecule is C#CC12c3ccccc3C(c3ccccc31)c1cccc(F)c12. The van der Waals surface area contributed by atoms with Gasteiger partial charge in [-0.25, -0.2) is 4.39 Å². The summed E-state index contributed by atoms with van der Waals surface area (Å²) in [5.41, 5.74) is 5.31. The van der Waals surface area contributed by atoms with E-state index in [4.69, 9.17) is 6.42 Å². The molecular weight excluding hydrogens is 283 g/mol. The van der Waals surface area contributed by atoms with Crippen LogP contribution in [0.4, 0.5) is 4.39 Å². The van der Waals surface area contributed by atoms with Crippen LogP contribution in [0.1, 0.15) is 39.3 Å². The fourth-order valence-corrected chi connectivity index (χ4v) is 4.50. The standard InChI is InChI=1S/C22H13F/c1-2-22-17-11-5-3-8-14(17)20(15-9-4-6-12-18(15)22)16-10-7-13-19(23)21(16)22/h1,3-13,20H. The molecule has 0 aliphatic heterocycles. The van der Waals surface area contributed by atoms with Crippen molar-refractivity contribution in [3.8, 4) is 12.3 Å². The van der Waals surface area contributed by atoms with Crippen molar-refractivity contribution in [2.24, 2.45) is 0 Å². The highest BCUT2D eigenvalue weighted by atomic mass is 19.1. The highest BCUT2D eigenvalue weighted by molar-refractivity contribution is 5.75. The Labute approximate surface area is 134 Å². The van der Waals surface area contributed by atoms with Gasteiger partial charge in [-0.2, -0.15) is 0 Å². The number of hydrogen-bond acceptors (Lipinski definition) is 0. The van der Waals surface area contributed by atoms with Crippen molar-refractivity contribution in [1.29, 1.82) is 0 Å². The lowest BCUT2D eigenvalue weighted by atomic mass is 9.53. The van der Waals surface area contributed by atoms with Crippen molar-refractivity contribution in [3.05, 3.63) is 106 Å². The monoisotopic (exact) mass is 296 g/mol. The second-order valence-corrected chi connectivity index (χ2v) is 6.21.